The fraction of sp³-hybridized carbons (Fsp3) is 0.750. The number of esters is 1. The average Bonchev–Trinajstić information content (AvgIpc) is 2.84. The van der Waals surface area contributed by atoms with Crippen LogP contribution in [0.5, 0.6) is 0 Å². The Bertz CT molecular complexity index is 404. The maximum absolute atomic E-state index is 12.4. The second kappa shape index (κ2) is 6.33. The molecule has 0 radical (unpaired) electrons. The maximum Gasteiger partial charge on any atom is 0.310 e. The van der Waals surface area contributed by atoms with Crippen LogP contribution in [0.3, 0.4) is 0 Å². The van der Waals surface area contributed by atoms with Crippen molar-refractivity contribution in [2.24, 2.45) is 5.92 Å². The van der Waals surface area contributed by atoms with Gasteiger partial charge < -0.3 is 4.74 Å². The van der Waals surface area contributed by atoms with Crippen LogP contribution in [0.15, 0.2) is 12.7 Å². The van der Waals surface area contributed by atoms with Crippen LogP contribution in [-0.4, -0.2) is 44.6 Å². The van der Waals surface area contributed by atoms with Crippen molar-refractivity contribution in [1.82, 2.24) is 4.31 Å². The molecule has 1 aliphatic rings. The van der Waals surface area contributed by atoms with Crippen molar-refractivity contribution in [1.29, 1.82) is 0 Å². The molecule has 0 saturated heterocycles. The highest BCUT2D eigenvalue weighted by atomic mass is 32.2. The van der Waals surface area contributed by atoms with Gasteiger partial charge in [0.2, 0.25) is 10.0 Å². The van der Waals surface area contributed by atoms with E-state index in [0.717, 1.165) is 6.42 Å². The van der Waals surface area contributed by atoms with Crippen molar-refractivity contribution in [3.05, 3.63) is 12.7 Å². The van der Waals surface area contributed by atoms with Crippen molar-refractivity contribution < 1.29 is 17.9 Å². The van der Waals surface area contributed by atoms with Gasteiger partial charge in [-0.1, -0.05) is 12.5 Å². The van der Waals surface area contributed by atoms with Crippen LogP contribution in [0.4, 0.5) is 0 Å². The number of hydrogen-bond donors (Lipinski definition) is 0. The topological polar surface area (TPSA) is 63.7 Å². The van der Waals surface area contributed by atoms with Crippen molar-refractivity contribution in [3.8, 4) is 0 Å². The molecule has 6 heteroatoms. The zero-order chi connectivity index (χ0) is 13.8. The van der Waals surface area contributed by atoms with Crippen molar-refractivity contribution >= 4 is 16.0 Å². The Kier molecular flexibility index (Phi) is 5.34. The van der Waals surface area contributed by atoms with E-state index in [2.05, 4.69) is 11.3 Å². The Hall–Kier alpha value is -0.880. The van der Waals surface area contributed by atoms with Crippen LogP contribution in [0.1, 0.15) is 25.7 Å². The molecule has 0 amide bonds. The smallest absolute Gasteiger partial charge is 0.310 e. The molecule has 5 nitrogen and oxygen atoms in total. The Morgan fingerprint density at radius 1 is 1.50 bits per heavy atom. The van der Waals surface area contributed by atoms with Crippen LogP contribution in [0, 0.1) is 5.92 Å². The molecule has 104 valence electrons. The average molecular weight is 275 g/mol. The van der Waals surface area contributed by atoms with E-state index in [1.54, 1.807) is 13.1 Å². The minimum atomic E-state index is -3.43. The summed E-state index contributed by atoms with van der Waals surface area (Å²) in [5, 5.41) is -0.639. The third kappa shape index (κ3) is 3.11. The summed E-state index contributed by atoms with van der Waals surface area (Å²) >= 11 is 0. The van der Waals surface area contributed by atoms with Gasteiger partial charge in [-0.2, -0.15) is 0 Å². The molecular formula is C12H21NO4S. The largest absolute Gasteiger partial charge is 0.469 e. The summed E-state index contributed by atoms with van der Waals surface area (Å²) < 4.78 is 30.7. The van der Waals surface area contributed by atoms with Crippen molar-refractivity contribution in [2.75, 3.05) is 20.7 Å². The van der Waals surface area contributed by atoms with Crippen molar-refractivity contribution in [2.45, 2.75) is 30.9 Å². The Labute approximate surface area is 109 Å². The molecule has 1 aliphatic carbocycles. The number of methoxy groups -OCH3 is 1. The molecule has 0 aromatic carbocycles. The molecule has 0 heterocycles. The van der Waals surface area contributed by atoms with Crippen LogP contribution in [0.25, 0.3) is 0 Å². The fourth-order valence-corrected chi connectivity index (χ4v) is 4.28. The molecule has 0 bridgehead atoms. The SMILES string of the molecule is C=CCCN(C)S(=O)(=O)C1CCCC1C(=O)OC. The lowest BCUT2D eigenvalue weighted by Gasteiger charge is -2.24. The third-order valence-electron chi connectivity index (χ3n) is 3.42. The van der Waals surface area contributed by atoms with Gasteiger partial charge in [0.1, 0.15) is 0 Å². The predicted octanol–water partition coefficient (Wildman–Crippen LogP) is 1.17. The summed E-state index contributed by atoms with van der Waals surface area (Å²) in [6.45, 7) is 3.97. The first kappa shape index (κ1) is 15.2. The first-order valence-electron chi connectivity index (χ1n) is 6.09. The highest BCUT2D eigenvalue weighted by Gasteiger charge is 2.43. The van der Waals surface area contributed by atoms with Crippen LogP contribution >= 0.6 is 0 Å². The van der Waals surface area contributed by atoms with E-state index in [0.29, 0.717) is 25.8 Å². The lowest BCUT2D eigenvalue weighted by atomic mass is 10.1. The summed E-state index contributed by atoms with van der Waals surface area (Å²) in [5.41, 5.74) is 0. The zero-order valence-corrected chi connectivity index (χ0v) is 11.8. The fourth-order valence-electron chi connectivity index (χ4n) is 2.34. The minimum Gasteiger partial charge on any atom is -0.469 e. The number of carbonyl (C=O) groups is 1. The highest BCUT2D eigenvalue weighted by Crippen LogP contribution is 2.33. The lowest BCUT2D eigenvalue weighted by Crippen LogP contribution is -2.40. The third-order valence-corrected chi connectivity index (χ3v) is 5.80. The molecule has 0 N–H and O–H groups in total. The van der Waals surface area contributed by atoms with Gasteiger partial charge in [-0.15, -0.1) is 6.58 Å². The summed E-state index contributed by atoms with van der Waals surface area (Å²) in [4.78, 5) is 11.6. The molecule has 0 aliphatic heterocycles. The van der Waals surface area contributed by atoms with Gasteiger partial charge in [0, 0.05) is 13.6 Å². The number of ether oxygens (including phenoxy) is 1. The van der Waals surface area contributed by atoms with E-state index in [1.807, 2.05) is 0 Å². The molecule has 1 rings (SSSR count). The zero-order valence-electron chi connectivity index (χ0n) is 11.0. The van der Waals surface area contributed by atoms with E-state index in [1.165, 1.54) is 11.4 Å². The van der Waals surface area contributed by atoms with E-state index in [4.69, 9.17) is 0 Å². The van der Waals surface area contributed by atoms with Crippen LogP contribution < -0.4 is 0 Å². The van der Waals surface area contributed by atoms with Gasteiger partial charge in [-0.25, -0.2) is 12.7 Å². The lowest BCUT2D eigenvalue weighted by molar-refractivity contribution is -0.145. The normalized spacial score (nSPS) is 24.2. The molecule has 0 spiro atoms. The molecule has 0 aromatic rings. The van der Waals surface area contributed by atoms with Crippen molar-refractivity contribution in [3.63, 3.8) is 0 Å². The molecular weight excluding hydrogens is 254 g/mol. The van der Waals surface area contributed by atoms with Crippen LogP contribution in [-0.2, 0) is 19.6 Å². The first-order chi connectivity index (χ1) is 8.45. The van der Waals surface area contributed by atoms with Gasteiger partial charge >= 0.3 is 5.97 Å². The standard InChI is InChI=1S/C12H21NO4S/c1-4-5-9-13(2)18(15,16)11-8-6-7-10(11)12(14)17-3/h4,10-11H,1,5-9H2,2-3H3. The number of hydrogen-bond acceptors (Lipinski definition) is 4. The quantitative estimate of drug-likeness (QED) is 0.539. The minimum absolute atomic E-state index is 0.399. The Balaban J connectivity index is 2.83. The molecule has 1 fully saturated rings. The monoisotopic (exact) mass is 275 g/mol. The van der Waals surface area contributed by atoms with Gasteiger partial charge in [0.15, 0.2) is 0 Å². The maximum atomic E-state index is 12.4. The second-order valence-electron chi connectivity index (χ2n) is 4.54. The number of carbonyl (C=O) groups excluding carboxylic acids is 1. The summed E-state index contributed by atoms with van der Waals surface area (Å²) in [6, 6.07) is 0. The van der Waals surface area contributed by atoms with E-state index < -0.39 is 27.2 Å². The summed E-state index contributed by atoms with van der Waals surface area (Å²) in [6.07, 6.45) is 4.15. The number of nitrogens with zero attached hydrogens (tertiary/aromatic N) is 1. The first-order valence-corrected chi connectivity index (χ1v) is 7.59. The molecule has 2 atom stereocenters. The Morgan fingerprint density at radius 2 is 2.17 bits per heavy atom. The van der Waals surface area contributed by atoms with E-state index in [9.17, 15) is 13.2 Å². The van der Waals surface area contributed by atoms with Gasteiger partial charge in [-0.3, -0.25) is 4.79 Å². The van der Waals surface area contributed by atoms with Gasteiger partial charge in [0.05, 0.1) is 18.3 Å². The number of sulfonamides is 1. The van der Waals surface area contributed by atoms with Gasteiger partial charge in [-0.05, 0) is 19.3 Å². The molecule has 2 unspecified atom stereocenters. The predicted molar refractivity (Wildman–Crippen MR) is 69.5 cm³/mol. The summed E-state index contributed by atoms with van der Waals surface area (Å²) in [7, 11) is -0.586. The summed E-state index contributed by atoms with van der Waals surface area (Å²) in [5.74, 6) is -0.940. The van der Waals surface area contributed by atoms with E-state index in [-0.39, 0.29) is 0 Å². The van der Waals surface area contributed by atoms with E-state index >= 15 is 0 Å². The highest BCUT2D eigenvalue weighted by molar-refractivity contribution is 7.89. The molecule has 18 heavy (non-hydrogen) atoms. The number of rotatable bonds is 6. The van der Waals surface area contributed by atoms with Crippen LogP contribution in [0.2, 0.25) is 0 Å². The second-order valence-corrected chi connectivity index (χ2v) is 6.80. The Morgan fingerprint density at radius 3 is 2.72 bits per heavy atom. The van der Waals surface area contributed by atoms with Gasteiger partial charge in [0.25, 0.3) is 0 Å². The molecule has 1 saturated carbocycles. The molecule has 0 aromatic heterocycles.